The maximum Gasteiger partial charge on any atom is 0.317 e. The van der Waals surface area contributed by atoms with Crippen molar-refractivity contribution in [3.63, 3.8) is 0 Å². The smallest absolute Gasteiger partial charge is 0.317 e. The Morgan fingerprint density at radius 2 is 2.06 bits per heavy atom. The Kier molecular flexibility index (Phi) is 5.55. The third-order valence-electron chi connectivity index (χ3n) is 2.59. The standard InChI is InChI=1S/C11H23N3O2/c1-9(2)7-10(12)8-13-11(15)14-3-5-16-6-4-14/h9-10H,3-8,12H2,1-2H3,(H,13,15). The molecular weight excluding hydrogens is 206 g/mol. The second-order valence-electron chi connectivity index (χ2n) is 4.68. The predicted octanol–water partition coefficient (Wildman–Crippen LogP) is 0.402. The lowest BCUT2D eigenvalue weighted by molar-refractivity contribution is 0.0531. The minimum absolute atomic E-state index is 0.0255. The average Bonchev–Trinajstić information content (AvgIpc) is 2.26. The Hall–Kier alpha value is -0.810. The molecule has 0 aliphatic carbocycles. The Bertz CT molecular complexity index is 215. The molecule has 1 aliphatic rings. The van der Waals surface area contributed by atoms with Gasteiger partial charge in [0, 0.05) is 25.7 Å². The highest BCUT2D eigenvalue weighted by atomic mass is 16.5. The molecule has 1 unspecified atom stereocenters. The minimum Gasteiger partial charge on any atom is -0.378 e. The number of carbonyl (C=O) groups is 1. The molecule has 1 aliphatic heterocycles. The van der Waals surface area contributed by atoms with Gasteiger partial charge in [-0.1, -0.05) is 13.8 Å². The van der Waals surface area contributed by atoms with Crippen molar-refractivity contribution in [3.05, 3.63) is 0 Å². The molecule has 5 nitrogen and oxygen atoms in total. The van der Waals surface area contributed by atoms with Gasteiger partial charge in [0.2, 0.25) is 0 Å². The highest BCUT2D eigenvalue weighted by Crippen LogP contribution is 2.02. The van der Waals surface area contributed by atoms with Gasteiger partial charge in [-0.15, -0.1) is 0 Å². The number of carbonyl (C=O) groups excluding carboxylic acids is 1. The molecule has 94 valence electrons. The summed E-state index contributed by atoms with van der Waals surface area (Å²) in [5.74, 6) is 0.565. The van der Waals surface area contributed by atoms with Crippen LogP contribution in [0.25, 0.3) is 0 Å². The maximum atomic E-state index is 11.7. The van der Waals surface area contributed by atoms with E-state index in [1.165, 1.54) is 0 Å². The van der Waals surface area contributed by atoms with E-state index >= 15 is 0 Å². The van der Waals surface area contributed by atoms with Crippen LogP contribution in [0, 0.1) is 5.92 Å². The van der Waals surface area contributed by atoms with E-state index in [0.29, 0.717) is 38.8 Å². The van der Waals surface area contributed by atoms with Crippen LogP contribution in [0.2, 0.25) is 0 Å². The van der Waals surface area contributed by atoms with E-state index in [0.717, 1.165) is 6.42 Å². The molecule has 5 heteroatoms. The van der Waals surface area contributed by atoms with Crippen molar-refractivity contribution in [2.45, 2.75) is 26.3 Å². The molecule has 1 heterocycles. The number of rotatable bonds is 4. The summed E-state index contributed by atoms with van der Waals surface area (Å²) in [5.41, 5.74) is 5.89. The zero-order chi connectivity index (χ0) is 12.0. The van der Waals surface area contributed by atoms with Gasteiger partial charge in [0.05, 0.1) is 13.2 Å². The van der Waals surface area contributed by atoms with Gasteiger partial charge in [0.25, 0.3) is 0 Å². The third-order valence-corrected chi connectivity index (χ3v) is 2.59. The van der Waals surface area contributed by atoms with Crippen LogP contribution in [0.4, 0.5) is 4.79 Å². The summed E-state index contributed by atoms with van der Waals surface area (Å²) in [4.78, 5) is 13.5. The largest absolute Gasteiger partial charge is 0.378 e. The van der Waals surface area contributed by atoms with Crippen LogP contribution in [0.3, 0.4) is 0 Å². The number of nitrogens with one attached hydrogen (secondary N) is 1. The Morgan fingerprint density at radius 1 is 1.44 bits per heavy atom. The van der Waals surface area contributed by atoms with Crippen LogP contribution in [-0.2, 0) is 4.74 Å². The van der Waals surface area contributed by atoms with Crippen LogP contribution < -0.4 is 11.1 Å². The van der Waals surface area contributed by atoms with E-state index < -0.39 is 0 Å². The second-order valence-corrected chi connectivity index (χ2v) is 4.68. The fourth-order valence-electron chi connectivity index (χ4n) is 1.79. The van der Waals surface area contributed by atoms with E-state index in [2.05, 4.69) is 19.2 Å². The lowest BCUT2D eigenvalue weighted by Gasteiger charge is -2.27. The fourth-order valence-corrected chi connectivity index (χ4v) is 1.79. The number of morpholine rings is 1. The molecule has 0 spiro atoms. The zero-order valence-electron chi connectivity index (χ0n) is 10.2. The number of amides is 2. The highest BCUT2D eigenvalue weighted by Gasteiger charge is 2.17. The van der Waals surface area contributed by atoms with Crippen molar-refractivity contribution in [3.8, 4) is 0 Å². The first-order valence-electron chi connectivity index (χ1n) is 5.95. The highest BCUT2D eigenvalue weighted by molar-refractivity contribution is 5.74. The first-order valence-corrected chi connectivity index (χ1v) is 5.95. The summed E-state index contributed by atoms with van der Waals surface area (Å²) in [7, 11) is 0. The van der Waals surface area contributed by atoms with Crippen LogP contribution in [-0.4, -0.2) is 49.8 Å². The molecule has 0 aromatic heterocycles. The second kappa shape index (κ2) is 6.70. The fraction of sp³-hybridized carbons (Fsp3) is 0.909. The molecule has 0 bridgehead atoms. The molecule has 16 heavy (non-hydrogen) atoms. The number of hydrogen-bond acceptors (Lipinski definition) is 3. The van der Waals surface area contributed by atoms with Crippen LogP contribution in [0.5, 0.6) is 0 Å². The third kappa shape index (κ3) is 4.81. The zero-order valence-corrected chi connectivity index (χ0v) is 10.2. The van der Waals surface area contributed by atoms with E-state index in [-0.39, 0.29) is 12.1 Å². The van der Waals surface area contributed by atoms with Crippen molar-refractivity contribution in [1.82, 2.24) is 10.2 Å². The summed E-state index contributed by atoms with van der Waals surface area (Å²) in [6.07, 6.45) is 0.934. The minimum atomic E-state index is -0.0255. The van der Waals surface area contributed by atoms with E-state index in [4.69, 9.17) is 10.5 Å². The van der Waals surface area contributed by atoms with Gasteiger partial charge in [-0.2, -0.15) is 0 Å². The molecule has 0 aromatic rings. The number of nitrogens with zero attached hydrogens (tertiary/aromatic N) is 1. The summed E-state index contributed by atoms with van der Waals surface area (Å²) >= 11 is 0. The van der Waals surface area contributed by atoms with Crippen molar-refractivity contribution in [2.75, 3.05) is 32.8 Å². The van der Waals surface area contributed by atoms with E-state index in [1.54, 1.807) is 4.90 Å². The summed E-state index contributed by atoms with van der Waals surface area (Å²) in [5, 5.41) is 2.86. The molecule has 2 amide bonds. The van der Waals surface area contributed by atoms with Gasteiger partial charge in [-0.3, -0.25) is 0 Å². The Balaban J connectivity index is 2.18. The maximum absolute atomic E-state index is 11.7. The molecule has 1 rings (SSSR count). The van der Waals surface area contributed by atoms with Gasteiger partial charge in [0.15, 0.2) is 0 Å². The van der Waals surface area contributed by atoms with Gasteiger partial charge in [-0.25, -0.2) is 4.79 Å². The first kappa shape index (κ1) is 13.3. The van der Waals surface area contributed by atoms with Crippen molar-refractivity contribution >= 4 is 6.03 Å². The monoisotopic (exact) mass is 229 g/mol. The average molecular weight is 229 g/mol. The number of ether oxygens (including phenoxy) is 1. The quantitative estimate of drug-likeness (QED) is 0.733. The molecule has 1 saturated heterocycles. The van der Waals surface area contributed by atoms with Crippen molar-refractivity contribution < 1.29 is 9.53 Å². The first-order chi connectivity index (χ1) is 7.59. The number of nitrogens with two attached hydrogens (primary N) is 1. The van der Waals surface area contributed by atoms with Crippen molar-refractivity contribution in [2.24, 2.45) is 11.7 Å². The van der Waals surface area contributed by atoms with E-state index in [9.17, 15) is 4.79 Å². The van der Waals surface area contributed by atoms with Crippen LogP contribution in [0.15, 0.2) is 0 Å². The van der Waals surface area contributed by atoms with Gasteiger partial charge in [0.1, 0.15) is 0 Å². The SMILES string of the molecule is CC(C)CC(N)CNC(=O)N1CCOCC1. The number of hydrogen-bond donors (Lipinski definition) is 2. The molecule has 0 saturated carbocycles. The topological polar surface area (TPSA) is 67.6 Å². The number of urea groups is 1. The molecule has 1 atom stereocenters. The van der Waals surface area contributed by atoms with E-state index in [1.807, 2.05) is 0 Å². The Morgan fingerprint density at radius 3 is 2.62 bits per heavy atom. The van der Waals surface area contributed by atoms with Gasteiger partial charge in [-0.05, 0) is 12.3 Å². The van der Waals surface area contributed by atoms with Crippen LogP contribution in [0.1, 0.15) is 20.3 Å². The van der Waals surface area contributed by atoms with Gasteiger partial charge < -0.3 is 20.7 Å². The summed E-state index contributed by atoms with van der Waals surface area (Å²) in [6.45, 7) is 7.41. The lowest BCUT2D eigenvalue weighted by atomic mass is 10.0. The summed E-state index contributed by atoms with van der Waals surface area (Å²) < 4.78 is 5.18. The molecule has 0 aromatic carbocycles. The molecule has 1 fully saturated rings. The lowest BCUT2D eigenvalue weighted by Crippen LogP contribution is -2.49. The summed E-state index contributed by atoms with van der Waals surface area (Å²) in [6, 6.07) is 0.0208. The predicted molar refractivity (Wildman–Crippen MR) is 63.2 cm³/mol. The van der Waals surface area contributed by atoms with Crippen molar-refractivity contribution in [1.29, 1.82) is 0 Å². The van der Waals surface area contributed by atoms with Gasteiger partial charge >= 0.3 is 6.03 Å². The molecular formula is C11H23N3O2. The normalized spacial score (nSPS) is 18.6. The molecule has 3 N–H and O–H groups in total. The van der Waals surface area contributed by atoms with Crippen LogP contribution >= 0.6 is 0 Å². The Labute approximate surface area is 97.3 Å². The molecule has 0 radical (unpaired) electrons.